The summed E-state index contributed by atoms with van der Waals surface area (Å²) in [6.07, 6.45) is 1.51. The summed E-state index contributed by atoms with van der Waals surface area (Å²) in [5.41, 5.74) is 3.14. The summed E-state index contributed by atoms with van der Waals surface area (Å²) in [4.78, 5) is 33.4. The van der Waals surface area contributed by atoms with Gasteiger partial charge in [0, 0.05) is 0 Å². The van der Waals surface area contributed by atoms with Crippen molar-refractivity contribution >= 4 is 22.2 Å². The summed E-state index contributed by atoms with van der Waals surface area (Å²) >= 11 is 0. The number of halogens is 1. The molecule has 27 heavy (non-hydrogen) atoms. The molecular weight excluding hydrogens is 347 g/mol. The zero-order valence-corrected chi connectivity index (χ0v) is 14.8. The highest BCUT2D eigenvalue weighted by molar-refractivity contribution is 5.79. The first-order valence-electron chi connectivity index (χ1n) is 8.72. The molecule has 0 saturated carbocycles. The lowest BCUT2D eigenvalue weighted by molar-refractivity contribution is -0.648. The highest BCUT2D eigenvalue weighted by Crippen LogP contribution is 2.13. The summed E-state index contributed by atoms with van der Waals surface area (Å²) < 4.78 is 15.0. The van der Waals surface area contributed by atoms with Gasteiger partial charge in [0.2, 0.25) is 5.52 Å². The molecule has 0 aliphatic rings. The Hall–Kier alpha value is -3.35. The molecule has 7 heteroatoms. The van der Waals surface area contributed by atoms with Gasteiger partial charge in [0.1, 0.15) is 11.3 Å². The molecule has 0 radical (unpaired) electrons. The molecule has 2 heterocycles. The number of H-pyrrole nitrogens is 2. The topological polar surface area (TPSA) is 82.5 Å². The van der Waals surface area contributed by atoms with E-state index in [1.165, 1.54) is 12.1 Å². The van der Waals surface area contributed by atoms with Crippen molar-refractivity contribution < 1.29 is 8.96 Å². The van der Waals surface area contributed by atoms with E-state index in [1.54, 1.807) is 12.1 Å². The number of aromatic nitrogens is 4. The average molecular weight is 365 g/mol. The van der Waals surface area contributed by atoms with Crippen LogP contribution in [-0.2, 0) is 13.0 Å². The summed E-state index contributed by atoms with van der Waals surface area (Å²) in [5, 5.41) is 0. The van der Waals surface area contributed by atoms with Crippen LogP contribution in [0.5, 0.6) is 0 Å². The minimum Gasteiger partial charge on any atom is -0.267 e. The summed E-state index contributed by atoms with van der Waals surface area (Å²) in [6, 6.07) is 12.2. The van der Waals surface area contributed by atoms with Gasteiger partial charge in [0.15, 0.2) is 5.52 Å². The third-order valence-electron chi connectivity index (χ3n) is 4.58. The van der Waals surface area contributed by atoms with Crippen molar-refractivity contribution in [2.45, 2.75) is 26.3 Å². The third kappa shape index (κ3) is 3.36. The molecule has 2 aromatic heterocycles. The smallest absolute Gasteiger partial charge is 0.267 e. The van der Waals surface area contributed by atoms with Crippen molar-refractivity contribution in [3.8, 4) is 0 Å². The second kappa shape index (κ2) is 6.75. The minimum absolute atomic E-state index is 0.203. The zero-order valence-electron chi connectivity index (χ0n) is 14.8. The predicted octanol–water partition coefficient (Wildman–Crippen LogP) is 2.13. The Balaban J connectivity index is 1.79. The number of nitrogens with zero attached hydrogens (tertiary/aromatic N) is 2. The first-order chi connectivity index (χ1) is 13.0. The zero-order chi connectivity index (χ0) is 19.0. The van der Waals surface area contributed by atoms with Crippen molar-refractivity contribution in [2.75, 3.05) is 0 Å². The second-order valence-corrected chi connectivity index (χ2v) is 6.59. The number of hydrogen-bond acceptors (Lipinski definition) is 3. The number of aryl methyl sites for hydroxylation is 3. The van der Waals surface area contributed by atoms with Crippen molar-refractivity contribution in [1.82, 2.24) is 15.0 Å². The predicted molar refractivity (Wildman–Crippen MR) is 100 cm³/mol. The SMILES string of the molecule is Cc1ccc2c(c1)nc1c(=O)[nH]c(=O)[nH]c1[n+]2CCCc1ccc(F)cc1. The molecular formula is C20H18FN4O2+. The molecule has 0 atom stereocenters. The van der Waals surface area contributed by atoms with Crippen molar-refractivity contribution in [3.63, 3.8) is 0 Å². The average Bonchev–Trinajstić information content (AvgIpc) is 2.63. The van der Waals surface area contributed by atoms with E-state index < -0.39 is 11.2 Å². The number of benzene rings is 2. The number of rotatable bonds is 4. The van der Waals surface area contributed by atoms with E-state index >= 15 is 0 Å². The van der Waals surface area contributed by atoms with Crippen LogP contribution >= 0.6 is 0 Å². The van der Waals surface area contributed by atoms with Gasteiger partial charge in [0.05, 0.1) is 6.54 Å². The van der Waals surface area contributed by atoms with E-state index in [-0.39, 0.29) is 11.3 Å². The van der Waals surface area contributed by atoms with Gasteiger partial charge < -0.3 is 0 Å². The van der Waals surface area contributed by atoms with E-state index in [0.717, 1.165) is 29.5 Å². The van der Waals surface area contributed by atoms with Crippen LogP contribution in [0.1, 0.15) is 17.5 Å². The molecule has 0 aliphatic heterocycles. The third-order valence-corrected chi connectivity index (χ3v) is 4.58. The number of nitrogens with one attached hydrogen (secondary N) is 2. The summed E-state index contributed by atoms with van der Waals surface area (Å²) in [6.45, 7) is 2.54. The Bertz CT molecular complexity index is 1260. The molecule has 0 saturated heterocycles. The summed E-state index contributed by atoms with van der Waals surface area (Å²) in [7, 11) is 0. The Kier molecular flexibility index (Phi) is 4.27. The molecule has 0 bridgehead atoms. The molecule has 0 amide bonds. The largest absolute Gasteiger partial charge is 0.413 e. The van der Waals surface area contributed by atoms with E-state index in [0.29, 0.717) is 17.7 Å². The van der Waals surface area contributed by atoms with Gasteiger partial charge in [-0.15, -0.1) is 0 Å². The van der Waals surface area contributed by atoms with Gasteiger partial charge >= 0.3 is 11.3 Å². The van der Waals surface area contributed by atoms with Crippen LogP contribution in [-0.4, -0.2) is 15.0 Å². The van der Waals surface area contributed by atoms with Gasteiger partial charge in [-0.3, -0.25) is 9.78 Å². The van der Waals surface area contributed by atoms with Gasteiger partial charge in [-0.05, 0) is 55.2 Å². The quantitative estimate of drug-likeness (QED) is 0.429. The number of aromatic amines is 2. The van der Waals surface area contributed by atoms with Gasteiger partial charge in [-0.1, -0.05) is 18.2 Å². The van der Waals surface area contributed by atoms with Crippen LogP contribution in [0.15, 0.2) is 52.1 Å². The normalized spacial score (nSPS) is 11.3. The van der Waals surface area contributed by atoms with E-state index in [2.05, 4.69) is 15.0 Å². The van der Waals surface area contributed by atoms with Crippen molar-refractivity contribution in [2.24, 2.45) is 0 Å². The fourth-order valence-electron chi connectivity index (χ4n) is 3.28. The van der Waals surface area contributed by atoms with Crippen LogP contribution in [0.2, 0.25) is 0 Å². The first-order valence-corrected chi connectivity index (χ1v) is 8.72. The number of hydrogen-bond donors (Lipinski definition) is 2. The molecule has 136 valence electrons. The monoisotopic (exact) mass is 365 g/mol. The van der Waals surface area contributed by atoms with Crippen LogP contribution < -0.4 is 15.8 Å². The second-order valence-electron chi connectivity index (χ2n) is 6.59. The maximum absolute atomic E-state index is 13.1. The maximum Gasteiger partial charge on any atom is 0.413 e. The van der Waals surface area contributed by atoms with Crippen LogP contribution in [0.25, 0.3) is 22.2 Å². The maximum atomic E-state index is 13.1. The molecule has 0 spiro atoms. The van der Waals surface area contributed by atoms with Crippen LogP contribution in [0.3, 0.4) is 0 Å². The van der Waals surface area contributed by atoms with Crippen molar-refractivity contribution in [1.29, 1.82) is 0 Å². The Morgan fingerprint density at radius 2 is 1.85 bits per heavy atom. The van der Waals surface area contributed by atoms with Crippen molar-refractivity contribution in [3.05, 3.63) is 80.2 Å². The lowest BCUT2D eigenvalue weighted by Crippen LogP contribution is -2.40. The molecule has 0 aliphatic carbocycles. The molecule has 0 fully saturated rings. The van der Waals surface area contributed by atoms with Gasteiger partial charge in [-0.25, -0.2) is 18.7 Å². The molecule has 4 aromatic rings. The van der Waals surface area contributed by atoms with Crippen LogP contribution in [0, 0.1) is 12.7 Å². The highest BCUT2D eigenvalue weighted by atomic mass is 19.1. The first kappa shape index (κ1) is 17.1. The van der Waals surface area contributed by atoms with Gasteiger partial charge in [-0.2, -0.15) is 4.98 Å². The fourth-order valence-corrected chi connectivity index (χ4v) is 3.28. The van der Waals surface area contributed by atoms with E-state index in [9.17, 15) is 14.0 Å². The molecule has 0 unspecified atom stereocenters. The Morgan fingerprint density at radius 1 is 1.07 bits per heavy atom. The Morgan fingerprint density at radius 3 is 2.63 bits per heavy atom. The van der Waals surface area contributed by atoms with Gasteiger partial charge in [0.25, 0.3) is 5.56 Å². The van der Waals surface area contributed by atoms with E-state index in [1.807, 2.05) is 29.7 Å². The highest BCUT2D eigenvalue weighted by Gasteiger charge is 2.18. The minimum atomic E-state index is -0.562. The molecule has 4 rings (SSSR count). The molecule has 2 N–H and O–H groups in total. The Labute approximate surface area is 153 Å². The van der Waals surface area contributed by atoms with E-state index in [4.69, 9.17) is 0 Å². The lowest BCUT2D eigenvalue weighted by Gasteiger charge is -2.08. The molecule has 6 nitrogen and oxygen atoms in total. The summed E-state index contributed by atoms with van der Waals surface area (Å²) in [5.74, 6) is -0.258. The lowest BCUT2D eigenvalue weighted by atomic mass is 10.1. The number of fused-ring (bicyclic) bond motifs is 2. The fraction of sp³-hybridized carbons (Fsp3) is 0.200. The van der Waals surface area contributed by atoms with Crippen LogP contribution in [0.4, 0.5) is 4.39 Å². The standard InChI is InChI=1S/C20H17FN4O2/c1-12-4-9-16-15(11-12)22-17-18(23-20(27)24-19(17)26)25(16)10-2-3-13-5-7-14(21)8-6-13/h4-9,11H,2-3,10H2,1H3,(H,24,26,27)/p+1. The molecule has 2 aromatic carbocycles.